The minimum atomic E-state index is -0.738. The van der Waals surface area contributed by atoms with Gasteiger partial charge in [-0.2, -0.15) is 0 Å². The number of anilines is 2. The lowest BCUT2D eigenvalue weighted by Gasteiger charge is -2.23. The fourth-order valence-electron chi connectivity index (χ4n) is 2.98. The van der Waals surface area contributed by atoms with Crippen LogP contribution in [0.4, 0.5) is 15.6 Å². The normalized spacial score (nSPS) is 12.5. The van der Waals surface area contributed by atoms with Gasteiger partial charge in [0.1, 0.15) is 16.8 Å². The lowest BCUT2D eigenvalue weighted by molar-refractivity contribution is -0.119. The van der Waals surface area contributed by atoms with Gasteiger partial charge in [-0.3, -0.25) is 10.1 Å². The highest BCUT2D eigenvalue weighted by molar-refractivity contribution is 9.10. The van der Waals surface area contributed by atoms with Crippen LogP contribution >= 0.6 is 27.3 Å². The largest absolute Gasteiger partial charge is 0.494 e. The number of nitrogens with zero attached hydrogens (tertiary/aromatic N) is 2. The Kier molecular flexibility index (Phi) is 8.79. The van der Waals surface area contributed by atoms with Gasteiger partial charge >= 0.3 is 6.03 Å². The summed E-state index contributed by atoms with van der Waals surface area (Å²) >= 11 is 4.68. The molecule has 33 heavy (non-hydrogen) atoms. The maximum Gasteiger partial charge on any atom is 0.319 e. The third-order valence-corrected chi connectivity index (χ3v) is 6.37. The zero-order chi connectivity index (χ0) is 23.8. The molecule has 0 radical (unpaired) electrons. The summed E-state index contributed by atoms with van der Waals surface area (Å²) in [7, 11) is 0. The third-order valence-electron chi connectivity index (χ3n) is 4.95. The molecule has 0 aliphatic heterocycles. The Hall–Kier alpha value is -2.98. The molecule has 0 fully saturated rings. The summed E-state index contributed by atoms with van der Waals surface area (Å²) in [6, 6.07) is 13.5. The molecule has 1 heterocycles. The van der Waals surface area contributed by atoms with Gasteiger partial charge in [-0.05, 0) is 49.2 Å². The predicted molar refractivity (Wildman–Crippen MR) is 135 cm³/mol. The molecule has 1 aromatic heterocycles. The van der Waals surface area contributed by atoms with Crippen LogP contribution in [-0.2, 0) is 4.79 Å². The van der Waals surface area contributed by atoms with Crippen molar-refractivity contribution in [1.29, 1.82) is 0 Å². The molecule has 0 aliphatic rings. The van der Waals surface area contributed by atoms with Gasteiger partial charge < -0.3 is 15.4 Å². The highest BCUT2D eigenvalue weighted by Gasteiger charge is 2.27. The predicted octanol–water partition coefficient (Wildman–Crippen LogP) is 5.54. The van der Waals surface area contributed by atoms with Crippen molar-refractivity contribution in [3.63, 3.8) is 0 Å². The lowest BCUT2D eigenvalue weighted by atomic mass is 9.98. The van der Waals surface area contributed by atoms with Gasteiger partial charge in [0, 0.05) is 15.7 Å². The van der Waals surface area contributed by atoms with Crippen molar-refractivity contribution in [3.05, 3.63) is 53.0 Å². The van der Waals surface area contributed by atoms with Crippen LogP contribution in [0.1, 0.15) is 27.2 Å². The van der Waals surface area contributed by atoms with E-state index in [0.717, 1.165) is 15.8 Å². The standard InChI is InChI=1S/C23H26BrN5O3S/c1-4-14(3)19(26-22(31)25-17-10-12-18(13-11-17)32-5-2)20(30)27-23-29-28-21(33-23)15-6-8-16(24)9-7-15/h6-14,19H,4-5H2,1-3H3,(H2,25,26,31)(H,27,29,30). The van der Waals surface area contributed by atoms with E-state index >= 15 is 0 Å². The van der Waals surface area contributed by atoms with E-state index in [-0.39, 0.29) is 11.8 Å². The van der Waals surface area contributed by atoms with E-state index in [1.807, 2.05) is 45.0 Å². The highest BCUT2D eigenvalue weighted by atomic mass is 79.9. The topological polar surface area (TPSA) is 105 Å². The molecule has 2 atom stereocenters. The van der Waals surface area contributed by atoms with Crippen molar-refractivity contribution in [1.82, 2.24) is 15.5 Å². The maximum atomic E-state index is 13.0. The van der Waals surface area contributed by atoms with Crippen molar-refractivity contribution in [3.8, 4) is 16.3 Å². The molecule has 10 heteroatoms. The van der Waals surface area contributed by atoms with E-state index in [2.05, 4.69) is 42.1 Å². The fraction of sp³-hybridized carbons (Fsp3) is 0.304. The second-order valence-corrected chi connectivity index (χ2v) is 9.22. The first kappa shape index (κ1) is 24.7. The van der Waals surface area contributed by atoms with Crippen molar-refractivity contribution in [2.75, 3.05) is 17.2 Å². The zero-order valence-electron chi connectivity index (χ0n) is 18.6. The van der Waals surface area contributed by atoms with Gasteiger partial charge in [0.15, 0.2) is 0 Å². The van der Waals surface area contributed by atoms with E-state index in [1.54, 1.807) is 24.3 Å². The average molecular weight is 532 g/mol. The molecular weight excluding hydrogens is 506 g/mol. The number of urea groups is 1. The van der Waals surface area contributed by atoms with Gasteiger partial charge in [0.2, 0.25) is 11.0 Å². The monoisotopic (exact) mass is 531 g/mol. The Balaban J connectivity index is 1.63. The first-order valence-corrected chi connectivity index (χ1v) is 12.2. The fourth-order valence-corrected chi connectivity index (χ4v) is 3.99. The van der Waals surface area contributed by atoms with Gasteiger partial charge in [0.25, 0.3) is 0 Å². The first-order valence-electron chi connectivity index (χ1n) is 10.6. The second-order valence-electron chi connectivity index (χ2n) is 7.33. The molecule has 3 rings (SSSR count). The Morgan fingerprint density at radius 1 is 1.03 bits per heavy atom. The van der Waals surface area contributed by atoms with Gasteiger partial charge in [-0.15, -0.1) is 10.2 Å². The zero-order valence-corrected chi connectivity index (χ0v) is 21.0. The summed E-state index contributed by atoms with van der Waals surface area (Å²) in [5, 5.41) is 17.6. The number of benzene rings is 2. The molecule has 2 aromatic carbocycles. The molecule has 0 aliphatic carbocycles. The smallest absolute Gasteiger partial charge is 0.319 e. The molecule has 174 valence electrons. The van der Waals surface area contributed by atoms with Gasteiger partial charge in [0.05, 0.1) is 6.61 Å². The summed E-state index contributed by atoms with van der Waals surface area (Å²) < 4.78 is 6.37. The summed E-state index contributed by atoms with van der Waals surface area (Å²) in [4.78, 5) is 25.5. The number of rotatable bonds is 9. The van der Waals surface area contributed by atoms with Crippen LogP contribution < -0.4 is 20.7 Å². The minimum absolute atomic E-state index is 0.0880. The average Bonchev–Trinajstić information content (AvgIpc) is 3.27. The van der Waals surface area contributed by atoms with Crippen LogP contribution in [0.3, 0.4) is 0 Å². The number of amides is 3. The Labute approximate surface area is 205 Å². The first-order chi connectivity index (χ1) is 15.9. The second kappa shape index (κ2) is 11.8. The number of ether oxygens (including phenoxy) is 1. The Morgan fingerprint density at radius 3 is 2.36 bits per heavy atom. The van der Waals surface area contributed by atoms with E-state index in [1.165, 1.54) is 11.3 Å². The van der Waals surface area contributed by atoms with Crippen LogP contribution in [0.5, 0.6) is 5.75 Å². The van der Waals surface area contributed by atoms with E-state index in [0.29, 0.717) is 28.9 Å². The van der Waals surface area contributed by atoms with Crippen molar-refractivity contribution in [2.45, 2.75) is 33.2 Å². The molecule has 0 spiro atoms. The number of aromatic nitrogens is 2. The molecule has 3 N–H and O–H groups in total. The van der Waals surface area contributed by atoms with Gasteiger partial charge in [-0.1, -0.05) is 59.7 Å². The number of hydrogen-bond donors (Lipinski definition) is 3. The van der Waals surface area contributed by atoms with Crippen LogP contribution in [0.25, 0.3) is 10.6 Å². The van der Waals surface area contributed by atoms with E-state index in [4.69, 9.17) is 4.74 Å². The number of carbonyl (C=O) groups is 2. The number of halogens is 1. The minimum Gasteiger partial charge on any atom is -0.494 e. The summed E-state index contributed by atoms with van der Waals surface area (Å²) in [5.74, 6) is 0.291. The molecule has 3 aromatic rings. The van der Waals surface area contributed by atoms with Crippen molar-refractivity contribution < 1.29 is 14.3 Å². The Morgan fingerprint density at radius 2 is 1.73 bits per heavy atom. The molecule has 0 saturated carbocycles. The van der Waals surface area contributed by atoms with Crippen LogP contribution in [0, 0.1) is 5.92 Å². The quantitative estimate of drug-likeness (QED) is 0.336. The van der Waals surface area contributed by atoms with Crippen molar-refractivity contribution >= 4 is 50.0 Å². The SMILES string of the molecule is CCOc1ccc(NC(=O)NC(C(=O)Nc2nnc(-c3ccc(Br)cc3)s2)C(C)CC)cc1. The molecule has 0 bridgehead atoms. The summed E-state index contributed by atoms with van der Waals surface area (Å²) in [6.45, 7) is 6.35. The summed E-state index contributed by atoms with van der Waals surface area (Å²) in [5.41, 5.74) is 1.50. The molecule has 8 nitrogen and oxygen atoms in total. The van der Waals surface area contributed by atoms with Crippen LogP contribution in [-0.4, -0.2) is 34.8 Å². The summed E-state index contributed by atoms with van der Waals surface area (Å²) in [6.07, 6.45) is 0.710. The van der Waals surface area contributed by atoms with Crippen molar-refractivity contribution in [2.24, 2.45) is 5.92 Å². The third kappa shape index (κ3) is 7.00. The molecular formula is C23H26BrN5O3S. The number of carbonyl (C=O) groups excluding carboxylic acids is 2. The highest BCUT2D eigenvalue weighted by Crippen LogP contribution is 2.27. The van der Waals surface area contributed by atoms with E-state index < -0.39 is 12.1 Å². The molecule has 0 saturated heterocycles. The number of nitrogens with one attached hydrogen (secondary N) is 3. The Bertz CT molecular complexity index is 1070. The van der Waals surface area contributed by atoms with E-state index in [9.17, 15) is 9.59 Å². The van der Waals surface area contributed by atoms with Gasteiger partial charge in [-0.25, -0.2) is 4.79 Å². The van der Waals surface area contributed by atoms with Crippen LogP contribution in [0.15, 0.2) is 53.0 Å². The number of hydrogen-bond acceptors (Lipinski definition) is 6. The molecule has 3 amide bonds. The molecule has 2 unspecified atom stereocenters. The maximum absolute atomic E-state index is 13.0. The lowest BCUT2D eigenvalue weighted by Crippen LogP contribution is -2.49. The van der Waals surface area contributed by atoms with Crippen LogP contribution in [0.2, 0.25) is 0 Å².